The highest BCUT2D eigenvalue weighted by molar-refractivity contribution is 6.32. The molecule has 0 heterocycles. The summed E-state index contributed by atoms with van der Waals surface area (Å²) in [7, 11) is 0. The van der Waals surface area contributed by atoms with E-state index >= 15 is 0 Å². The Labute approximate surface area is 96.4 Å². The smallest absolute Gasteiger partial charge is 0.138 e. The van der Waals surface area contributed by atoms with E-state index in [1.54, 1.807) is 0 Å². The molecule has 0 unspecified atom stereocenters. The fourth-order valence-electron chi connectivity index (χ4n) is 1.33. The van der Waals surface area contributed by atoms with Gasteiger partial charge in [-0.3, -0.25) is 0 Å². The predicted molar refractivity (Wildman–Crippen MR) is 64.6 cm³/mol. The standard InChI is InChI=1S/C12H18ClNO/c1-10-5-6-11(13)12(9-10)15-8-4-2-3-7-14/h5-6,9H,2-4,7-8,14H2,1H3. The lowest BCUT2D eigenvalue weighted by atomic mass is 10.2. The second-order valence-corrected chi connectivity index (χ2v) is 4.04. The molecule has 0 atom stereocenters. The summed E-state index contributed by atoms with van der Waals surface area (Å²) in [6, 6.07) is 5.81. The van der Waals surface area contributed by atoms with Crippen molar-refractivity contribution >= 4 is 11.6 Å². The van der Waals surface area contributed by atoms with Crippen LogP contribution >= 0.6 is 11.6 Å². The van der Waals surface area contributed by atoms with Crippen LogP contribution in [-0.2, 0) is 0 Å². The van der Waals surface area contributed by atoms with E-state index in [0.717, 1.165) is 37.1 Å². The van der Waals surface area contributed by atoms with Crippen LogP contribution in [0.4, 0.5) is 0 Å². The van der Waals surface area contributed by atoms with Crippen LogP contribution in [0.5, 0.6) is 5.75 Å². The van der Waals surface area contributed by atoms with E-state index in [1.165, 1.54) is 0 Å². The van der Waals surface area contributed by atoms with Crippen molar-refractivity contribution in [3.05, 3.63) is 28.8 Å². The zero-order valence-corrected chi connectivity index (χ0v) is 9.89. The van der Waals surface area contributed by atoms with Gasteiger partial charge in [-0.25, -0.2) is 0 Å². The van der Waals surface area contributed by atoms with Crippen LogP contribution in [-0.4, -0.2) is 13.2 Å². The van der Waals surface area contributed by atoms with E-state index in [-0.39, 0.29) is 0 Å². The Morgan fingerprint density at radius 2 is 2.07 bits per heavy atom. The minimum Gasteiger partial charge on any atom is -0.492 e. The normalized spacial score (nSPS) is 10.3. The van der Waals surface area contributed by atoms with Crippen LogP contribution in [0, 0.1) is 6.92 Å². The van der Waals surface area contributed by atoms with Gasteiger partial charge in [0.15, 0.2) is 0 Å². The van der Waals surface area contributed by atoms with Gasteiger partial charge in [-0.05, 0) is 50.4 Å². The van der Waals surface area contributed by atoms with E-state index in [0.29, 0.717) is 11.6 Å². The van der Waals surface area contributed by atoms with E-state index in [2.05, 4.69) is 0 Å². The van der Waals surface area contributed by atoms with Crippen LogP contribution in [0.25, 0.3) is 0 Å². The molecule has 0 bridgehead atoms. The maximum atomic E-state index is 5.99. The first-order valence-corrected chi connectivity index (χ1v) is 5.71. The van der Waals surface area contributed by atoms with Crippen molar-refractivity contribution in [1.82, 2.24) is 0 Å². The summed E-state index contributed by atoms with van der Waals surface area (Å²) in [5.41, 5.74) is 6.57. The van der Waals surface area contributed by atoms with Gasteiger partial charge in [0.05, 0.1) is 11.6 Å². The summed E-state index contributed by atoms with van der Waals surface area (Å²) in [4.78, 5) is 0. The number of ether oxygens (including phenoxy) is 1. The number of aryl methyl sites for hydroxylation is 1. The first-order valence-electron chi connectivity index (χ1n) is 5.33. The molecule has 0 saturated carbocycles. The highest BCUT2D eigenvalue weighted by Gasteiger charge is 2.00. The first-order chi connectivity index (χ1) is 7.24. The SMILES string of the molecule is Cc1ccc(Cl)c(OCCCCCN)c1. The molecule has 1 aromatic carbocycles. The maximum Gasteiger partial charge on any atom is 0.138 e. The monoisotopic (exact) mass is 227 g/mol. The van der Waals surface area contributed by atoms with Gasteiger partial charge in [-0.15, -0.1) is 0 Å². The van der Waals surface area contributed by atoms with Crippen molar-refractivity contribution in [2.75, 3.05) is 13.2 Å². The lowest BCUT2D eigenvalue weighted by Crippen LogP contribution is -2.01. The second kappa shape index (κ2) is 6.70. The van der Waals surface area contributed by atoms with Gasteiger partial charge in [0.1, 0.15) is 5.75 Å². The molecule has 3 heteroatoms. The average Bonchev–Trinajstić information content (AvgIpc) is 2.23. The highest BCUT2D eigenvalue weighted by Crippen LogP contribution is 2.25. The molecule has 1 aromatic rings. The molecule has 2 nitrogen and oxygen atoms in total. The molecule has 84 valence electrons. The van der Waals surface area contributed by atoms with Crippen molar-refractivity contribution in [3.63, 3.8) is 0 Å². The molecular weight excluding hydrogens is 210 g/mol. The Bertz CT molecular complexity index is 302. The van der Waals surface area contributed by atoms with Crippen molar-refractivity contribution < 1.29 is 4.74 Å². The third kappa shape index (κ3) is 4.54. The third-order valence-electron chi connectivity index (χ3n) is 2.19. The quantitative estimate of drug-likeness (QED) is 0.758. The number of nitrogens with two attached hydrogens (primary N) is 1. The van der Waals surface area contributed by atoms with E-state index in [4.69, 9.17) is 22.1 Å². The summed E-state index contributed by atoms with van der Waals surface area (Å²) < 4.78 is 5.59. The van der Waals surface area contributed by atoms with Crippen molar-refractivity contribution in [1.29, 1.82) is 0 Å². The molecule has 0 aromatic heterocycles. The number of unbranched alkanes of at least 4 members (excludes halogenated alkanes) is 2. The van der Waals surface area contributed by atoms with E-state index in [1.807, 2.05) is 25.1 Å². The van der Waals surface area contributed by atoms with Crippen LogP contribution in [0.2, 0.25) is 5.02 Å². The lowest BCUT2D eigenvalue weighted by Gasteiger charge is -2.08. The van der Waals surface area contributed by atoms with Crippen LogP contribution < -0.4 is 10.5 Å². The van der Waals surface area contributed by atoms with Crippen molar-refractivity contribution in [2.24, 2.45) is 5.73 Å². The Morgan fingerprint density at radius 1 is 1.27 bits per heavy atom. The van der Waals surface area contributed by atoms with Crippen molar-refractivity contribution in [2.45, 2.75) is 26.2 Å². The molecule has 0 aliphatic carbocycles. The molecule has 0 aliphatic heterocycles. The molecule has 0 aliphatic rings. The fraction of sp³-hybridized carbons (Fsp3) is 0.500. The first kappa shape index (κ1) is 12.3. The molecule has 0 spiro atoms. The molecular formula is C12H18ClNO. The zero-order chi connectivity index (χ0) is 11.1. The Morgan fingerprint density at radius 3 is 2.80 bits per heavy atom. The predicted octanol–water partition coefficient (Wildman–Crippen LogP) is 3.16. The zero-order valence-electron chi connectivity index (χ0n) is 9.13. The van der Waals surface area contributed by atoms with Gasteiger partial charge in [0.2, 0.25) is 0 Å². The molecule has 1 rings (SSSR count). The number of hydrogen-bond acceptors (Lipinski definition) is 2. The van der Waals surface area contributed by atoms with Crippen LogP contribution in [0.15, 0.2) is 18.2 Å². The molecule has 15 heavy (non-hydrogen) atoms. The number of hydrogen-bond donors (Lipinski definition) is 1. The number of halogens is 1. The minimum absolute atomic E-state index is 0.680. The maximum absolute atomic E-state index is 5.99. The highest BCUT2D eigenvalue weighted by atomic mass is 35.5. The molecule has 0 amide bonds. The van der Waals surface area contributed by atoms with Crippen LogP contribution in [0.3, 0.4) is 0 Å². The van der Waals surface area contributed by atoms with E-state index in [9.17, 15) is 0 Å². The molecule has 0 radical (unpaired) electrons. The minimum atomic E-state index is 0.680. The number of rotatable bonds is 6. The Balaban J connectivity index is 2.33. The largest absolute Gasteiger partial charge is 0.492 e. The fourth-order valence-corrected chi connectivity index (χ4v) is 1.50. The second-order valence-electron chi connectivity index (χ2n) is 3.63. The lowest BCUT2D eigenvalue weighted by molar-refractivity contribution is 0.305. The van der Waals surface area contributed by atoms with Crippen LogP contribution in [0.1, 0.15) is 24.8 Å². The summed E-state index contributed by atoms with van der Waals surface area (Å²) in [6.07, 6.45) is 3.20. The van der Waals surface area contributed by atoms with Gasteiger partial charge >= 0.3 is 0 Å². The Kier molecular flexibility index (Phi) is 5.51. The average molecular weight is 228 g/mol. The topological polar surface area (TPSA) is 35.2 Å². The van der Waals surface area contributed by atoms with Gasteiger partial charge < -0.3 is 10.5 Å². The summed E-state index contributed by atoms with van der Waals surface area (Å²) >= 11 is 5.99. The van der Waals surface area contributed by atoms with Gasteiger partial charge in [0.25, 0.3) is 0 Å². The van der Waals surface area contributed by atoms with Gasteiger partial charge in [-0.2, -0.15) is 0 Å². The Hall–Kier alpha value is -0.730. The van der Waals surface area contributed by atoms with Gasteiger partial charge in [0, 0.05) is 0 Å². The molecule has 0 fully saturated rings. The summed E-state index contributed by atoms with van der Waals surface area (Å²) in [5.74, 6) is 0.782. The number of benzene rings is 1. The van der Waals surface area contributed by atoms with Crippen molar-refractivity contribution in [3.8, 4) is 5.75 Å². The summed E-state index contributed by atoms with van der Waals surface area (Å²) in [6.45, 7) is 3.49. The molecule has 2 N–H and O–H groups in total. The van der Waals surface area contributed by atoms with Gasteiger partial charge in [-0.1, -0.05) is 17.7 Å². The summed E-state index contributed by atoms with van der Waals surface area (Å²) in [5, 5.41) is 0.680. The van der Waals surface area contributed by atoms with E-state index < -0.39 is 0 Å². The third-order valence-corrected chi connectivity index (χ3v) is 2.50. The molecule has 0 saturated heterocycles.